The largest absolute Gasteiger partial charge is 0.486 e. The molecule has 2 bridgehead atoms. The van der Waals surface area contributed by atoms with Gasteiger partial charge in [-0.15, -0.1) is 5.10 Å². The number of anilines is 2. The second kappa shape index (κ2) is 7.11. The van der Waals surface area contributed by atoms with E-state index in [4.69, 9.17) is 9.47 Å². The zero-order valence-electron chi connectivity index (χ0n) is 18.2. The summed E-state index contributed by atoms with van der Waals surface area (Å²) in [6, 6.07) is 6.39. The summed E-state index contributed by atoms with van der Waals surface area (Å²) < 4.78 is 39.3. The van der Waals surface area contributed by atoms with Crippen LogP contribution < -0.4 is 20.5 Å². The van der Waals surface area contributed by atoms with Crippen molar-refractivity contribution in [3.63, 3.8) is 0 Å². The Bertz CT molecular complexity index is 1330. The lowest BCUT2D eigenvalue weighted by molar-refractivity contribution is -0.0214. The predicted molar refractivity (Wildman–Crippen MR) is 118 cm³/mol. The van der Waals surface area contributed by atoms with Crippen LogP contribution in [0, 0.1) is 6.92 Å². The van der Waals surface area contributed by atoms with Gasteiger partial charge in [-0.1, -0.05) is 12.1 Å². The van der Waals surface area contributed by atoms with Gasteiger partial charge in [0.2, 0.25) is 0 Å². The summed E-state index contributed by atoms with van der Waals surface area (Å²) >= 11 is 0. The van der Waals surface area contributed by atoms with Crippen molar-refractivity contribution in [2.24, 2.45) is 0 Å². The smallest absolute Gasteiger partial charge is 0.310 e. The van der Waals surface area contributed by atoms with Crippen molar-refractivity contribution in [2.45, 2.75) is 44.4 Å². The molecule has 2 aromatic heterocycles. The van der Waals surface area contributed by atoms with E-state index in [2.05, 4.69) is 25.4 Å². The molecule has 2 fully saturated rings. The van der Waals surface area contributed by atoms with Crippen LogP contribution in [0.1, 0.15) is 36.2 Å². The van der Waals surface area contributed by atoms with Crippen molar-refractivity contribution in [3.8, 4) is 5.75 Å². The first-order valence-corrected chi connectivity index (χ1v) is 11.0. The zero-order valence-corrected chi connectivity index (χ0v) is 18.2. The minimum Gasteiger partial charge on any atom is -0.486 e. The lowest BCUT2D eigenvalue weighted by Crippen LogP contribution is -2.39. The summed E-state index contributed by atoms with van der Waals surface area (Å²) in [6.07, 6.45) is 1.06. The highest BCUT2D eigenvalue weighted by Gasteiger charge is 2.43. The van der Waals surface area contributed by atoms with Crippen molar-refractivity contribution in [2.75, 3.05) is 30.0 Å². The third-order valence-corrected chi connectivity index (χ3v) is 6.81. The Morgan fingerprint density at radius 3 is 2.94 bits per heavy atom. The number of rotatable bonds is 4. The fourth-order valence-corrected chi connectivity index (χ4v) is 5.10. The number of nitrogens with zero attached hydrogens (tertiary/aromatic N) is 3. The molecule has 172 valence electrons. The van der Waals surface area contributed by atoms with Crippen molar-refractivity contribution in [1.82, 2.24) is 15.2 Å². The maximum Gasteiger partial charge on any atom is 0.310 e. The lowest BCUT2D eigenvalue weighted by Gasteiger charge is -2.28. The number of nitrogens with one attached hydrogen (secondary N) is 2. The molecule has 33 heavy (non-hydrogen) atoms. The van der Waals surface area contributed by atoms with E-state index in [0.29, 0.717) is 46.8 Å². The second-order valence-corrected chi connectivity index (χ2v) is 8.99. The van der Waals surface area contributed by atoms with Gasteiger partial charge in [0.15, 0.2) is 12.4 Å². The number of benzene rings is 1. The van der Waals surface area contributed by atoms with E-state index in [-0.39, 0.29) is 35.1 Å². The molecule has 10 heteroatoms. The number of H-pyrrole nitrogens is 1. The third kappa shape index (κ3) is 3.15. The predicted octanol–water partition coefficient (Wildman–Crippen LogP) is 3.26. The summed E-state index contributed by atoms with van der Waals surface area (Å²) in [5.74, 6) is -2.34. The van der Waals surface area contributed by atoms with E-state index < -0.39 is 12.5 Å². The van der Waals surface area contributed by atoms with Crippen LogP contribution in [-0.4, -0.2) is 47.1 Å². The first-order chi connectivity index (χ1) is 15.8. The molecule has 0 saturated carbocycles. The second-order valence-electron chi connectivity index (χ2n) is 8.99. The van der Waals surface area contributed by atoms with E-state index in [0.717, 1.165) is 6.42 Å². The topological polar surface area (TPSA) is 92.4 Å². The van der Waals surface area contributed by atoms with Gasteiger partial charge >= 0.3 is 5.92 Å². The number of aromatic nitrogens is 3. The molecule has 5 heterocycles. The molecule has 3 atom stereocenters. The first kappa shape index (κ1) is 20.3. The monoisotopic (exact) mass is 455 g/mol. The van der Waals surface area contributed by atoms with Crippen molar-refractivity contribution in [1.29, 1.82) is 0 Å². The van der Waals surface area contributed by atoms with E-state index in [9.17, 15) is 13.6 Å². The molecule has 2 N–H and O–H groups in total. The van der Waals surface area contributed by atoms with Gasteiger partial charge in [-0.2, -0.15) is 13.9 Å². The van der Waals surface area contributed by atoms with Crippen molar-refractivity contribution < 1.29 is 18.3 Å². The number of alkyl halides is 2. The molecule has 2 saturated heterocycles. The van der Waals surface area contributed by atoms with Crippen LogP contribution in [0.3, 0.4) is 0 Å². The van der Waals surface area contributed by atoms with E-state index >= 15 is 0 Å². The minimum absolute atomic E-state index is 0.105. The number of para-hydroxylation sites is 1. The van der Waals surface area contributed by atoms with Gasteiger partial charge in [-0.3, -0.25) is 4.79 Å². The Morgan fingerprint density at radius 1 is 1.33 bits per heavy atom. The molecule has 3 aromatic rings. The Labute approximate surface area is 187 Å². The van der Waals surface area contributed by atoms with Crippen LogP contribution in [0.2, 0.25) is 0 Å². The molecule has 6 rings (SSSR count). The number of hydrogen-bond donors (Lipinski definition) is 2. The van der Waals surface area contributed by atoms with E-state index in [1.165, 1.54) is 6.07 Å². The molecule has 3 aliphatic rings. The fourth-order valence-electron chi connectivity index (χ4n) is 5.10. The third-order valence-electron chi connectivity index (χ3n) is 6.81. The highest BCUT2D eigenvalue weighted by atomic mass is 19.3. The number of hydrogen-bond acceptors (Lipinski definition) is 7. The van der Waals surface area contributed by atoms with Gasteiger partial charge < -0.3 is 24.7 Å². The van der Waals surface area contributed by atoms with Gasteiger partial charge in [0, 0.05) is 17.5 Å². The van der Waals surface area contributed by atoms with Crippen molar-refractivity contribution in [3.05, 3.63) is 51.4 Å². The molecular formula is C23H23F2N5O3. The summed E-state index contributed by atoms with van der Waals surface area (Å²) in [6.45, 7) is 4.26. The Balaban J connectivity index is 1.40. The molecule has 8 nitrogen and oxygen atoms in total. The minimum atomic E-state index is -3.01. The highest BCUT2D eigenvalue weighted by Crippen LogP contribution is 2.45. The van der Waals surface area contributed by atoms with Gasteiger partial charge in [-0.05, 0) is 32.4 Å². The van der Waals surface area contributed by atoms with Gasteiger partial charge in [-0.25, -0.2) is 0 Å². The average molecular weight is 455 g/mol. The lowest BCUT2D eigenvalue weighted by atomic mass is 10.0. The quantitative estimate of drug-likeness (QED) is 0.624. The molecule has 2 unspecified atom stereocenters. The molecular weight excluding hydrogens is 432 g/mol. The summed E-state index contributed by atoms with van der Waals surface area (Å²) in [5, 5.41) is 12.5. The fraction of sp³-hybridized carbons (Fsp3) is 0.435. The molecule has 3 aliphatic heterocycles. The Kier molecular flexibility index (Phi) is 4.39. The normalized spacial score (nSPS) is 23.6. The summed E-state index contributed by atoms with van der Waals surface area (Å²) in [5.41, 5.74) is 2.09. The van der Waals surface area contributed by atoms with Crippen LogP contribution >= 0.6 is 0 Å². The SMILES string of the molecule is Cc1nnc(N[C@H](C)c2cccc3c2OCC3(F)F)c2cc(N3CC4CC3CO4)c(=O)[nH]c12. The van der Waals surface area contributed by atoms with Crippen LogP contribution in [-0.2, 0) is 10.7 Å². The Hall–Kier alpha value is -3.27. The molecule has 0 radical (unpaired) electrons. The van der Waals surface area contributed by atoms with Crippen LogP contribution in [0.5, 0.6) is 5.75 Å². The number of ether oxygens (including phenoxy) is 2. The maximum absolute atomic E-state index is 14.1. The number of fused-ring (bicyclic) bond motifs is 4. The maximum atomic E-state index is 14.1. The average Bonchev–Trinajstić information content (AvgIpc) is 3.50. The van der Waals surface area contributed by atoms with E-state index in [1.807, 2.05) is 13.0 Å². The van der Waals surface area contributed by atoms with Crippen LogP contribution in [0.25, 0.3) is 10.9 Å². The van der Waals surface area contributed by atoms with Gasteiger partial charge in [0.25, 0.3) is 5.56 Å². The summed E-state index contributed by atoms with van der Waals surface area (Å²) in [7, 11) is 0. The standard InChI is InChI=1S/C23H23F2N5O3/c1-11(15-4-3-5-17-20(15)33-10-23(17,24)25)26-21-16-7-18(30-8-14-6-13(30)9-32-14)22(31)27-19(16)12(2)28-29-21/h3-5,7,11,13-14H,6,8-10H2,1-2H3,(H,26,29)(H,27,31)/t11-,13?,14?/m1/s1. The molecule has 0 amide bonds. The van der Waals surface area contributed by atoms with E-state index in [1.54, 1.807) is 19.1 Å². The van der Waals surface area contributed by atoms with Crippen LogP contribution in [0.4, 0.5) is 20.3 Å². The number of morpholine rings is 1. The summed E-state index contributed by atoms with van der Waals surface area (Å²) in [4.78, 5) is 18.0. The number of halogens is 2. The first-order valence-electron chi connectivity index (χ1n) is 11.0. The van der Waals surface area contributed by atoms with Crippen molar-refractivity contribution >= 4 is 22.4 Å². The molecule has 0 aliphatic carbocycles. The number of aromatic amines is 1. The number of aryl methyl sites for hydroxylation is 1. The zero-order chi connectivity index (χ0) is 22.9. The molecule has 0 spiro atoms. The van der Waals surface area contributed by atoms with Gasteiger partial charge in [0.05, 0.1) is 41.6 Å². The molecule has 1 aromatic carbocycles. The van der Waals surface area contributed by atoms with Gasteiger partial charge in [0.1, 0.15) is 11.4 Å². The number of pyridine rings is 1. The van der Waals surface area contributed by atoms with Crippen LogP contribution in [0.15, 0.2) is 29.1 Å². The highest BCUT2D eigenvalue weighted by molar-refractivity contribution is 5.92. The Morgan fingerprint density at radius 2 is 2.18 bits per heavy atom.